The highest BCUT2D eigenvalue weighted by Crippen LogP contribution is 2.53. The molecule has 1 N–H and O–H groups in total. The van der Waals surface area contributed by atoms with Crippen LogP contribution in [0.3, 0.4) is 0 Å². The number of carbonyl (C=O) groups is 1. The van der Waals surface area contributed by atoms with Crippen molar-refractivity contribution in [2.45, 2.75) is 50.0 Å². The van der Waals surface area contributed by atoms with Gasteiger partial charge in [0, 0.05) is 37.8 Å². The molecule has 3 aromatic rings. The van der Waals surface area contributed by atoms with E-state index in [2.05, 4.69) is 52.5 Å². The normalized spacial score (nSPS) is 21.4. The van der Waals surface area contributed by atoms with Crippen molar-refractivity contribution in [1.29, 1.82) is 0 Å². The van der Waals surface area contributed by atoms with Gasteiger partial charge in [-0.3, -0.25) is 4.79 Å². The fourth-order valence-corrected chi connectivity index (χ4v) is 6.76. The number of anilines is 2. The van der Waals surface area contributed by atoms with Crippen molar-refractivity contribution < 1.29 is 14.3 Å². The van der Waals surface area contributed by atoms with Crippen LogP contribution in [0.4, 0.5) is 11.5 Å². The topological polar surface area (TPSA) is 71.9 Å². The second-order valence-corrected chi connectivity index (χ2v) is 11.5. The quantitative estimate of drug-likeness (QED) is 0.523. The number of piperidine rings is 1. The van der Waals surface area contributed by atoms with Crippen molar-refractivity contribution in [3.63, 3.8) is 0 Å². The Morgan fingerprint density at radius 2 is 1.74 bits per heavy atom. The molecule has 2 saturated heterocycles. The Kier molecular flexibility index (Phi) is 6.32. The van der Waals surface area contributed by atoms with Crippen LogP contribution < -0.4 is 15.0 Å². The van der Waals surface area contributed by atoms with Gasteiger partial charge in [0.2, 0.25) is 5.91 Å². The van der Waals surface area contributed by atoms with Crippen LogP contribution >= 0.6 is 0 Å². The summed E-state index contributed by atoms with van der Waals surface area (Å²) in [7, 11) is 2.16. The van der Waals surface area contributed by atoms with Gasteiger partial charge < -0.3 is 24.6 Å². The fraction of sp³-hybridized carbons (Fsp3) is 0.484. The monoisotopic (exact) mass is 527 g/mol. The van der Waals surface area contributed by atoms with Gasteiger partial charge in [0.1, 0.15) is 11.9 Å². The van der Waals surface area contributed by atoms with Crippen molar-refractivity contribution in [2.24, 2.45) is 0 Å². The molecule has 3 fully saturated rings. The van der Waals surface area contributed by atoms with Crippen LogP contribution in [0.25, 0.3) is 16.9 Å². The van der Waals surface area contributed by atoms with Gasteiger partial charge in [0.05, 0.1) is 35.7 Å². The maximum atomic E-state index is 13.5. The third-order valence-corrected chi connectivity index (χ3v) is 9.04. The number of carbonyl (C=O) groups excluding carboxylic acids is 1. The Labute approximate surface area is 229 Å². The molecule has 1 saturated carbocycles. The van der Waals surface area contributed by atoms with E-state index in [1.165, 1.54) is 0 Å². The number of rotatable bonds is 5. The number of para-hydroxylation sites is 1. The van der Waals surface area contributed by atoms with Gasteiger partial charge >= 0.3 is 0 Å². The first-order chi connectivity index (χ1) is 19.1. The van der Waals surface area contributed by atoms with Crippen LogP contribution in [0.1, 0.15) is 44.1 Å². The predicted octanol–water partition coefficient (Wildman–Crippen LogP) is 4.61. The molecule has 2 aromatic carbocycles. The first-order valence-electron chi connectivity index (χ1n) is 14.4. The number of likely N-dealkylation sites (tertiary alicyclic amines) is 1. The van der Waals surface area contributed by atoms with E-state index in [1.54, 1.807) is 0 Å². The molecule has 1 amide bonds. The molecule has 0 radical (unpaired) electrons. The minimum absolute atomic E-state index is 0.131. The summed E-state index contributed by atoms with van der Waals surface area (Å²) in [5.41, 5.74) is 4.57. The van der Waals surface area contributed by atoms with Gasteiger partial charge in [-0.2, -0.15) is 0 Å². The molecular weight excluding hydrogens is 490 g/mol. The Hall–Kier alpha value is -3.36. The van der Waals surface area contributed by atoms with Crippen LogP contribution in [-0.4, -0.2) is 73.1 Å². The van der Waals surface area contributed by atoms with E-state index in [1.807, 2.05) is 22.9 Å². The molecule has 8 heteroatoms. The highest BCUT2D eigenvalue weighted by molar-refractivity contribution is 6.08. The number of amides is 1. The Morgan fingerprint density at radius 3 is 2.49 bits per heavy atom. The molecular formula is C31H37N5O3. The summed E-state index contributed by atoms with van der Waals surface area (Å²) < 4.78 is 14.4. The molecule has 0 unspecified atom stereocenters. The summed E-state index contributed by atoms with van der Waals surface area (Å²) in [5, 5.41) is 8.35. The van der Waals surface area contributed by atoms with Gasteiger partial charge in [-0.05, 0) is 62.6 Å². The molecule has 4 heterocycles. The Bertz CT molecular complexity index is 1350. The van der Waals surface area contributed by atoms with Gasteiger partial charge in [-0.15, -0.1) is 5.10 Å². The average molecular weight is 528 g/mol. The summed E-state index contributed by atoms with van der Waals surface area (Å²) >= 11 is 0. The van der Waals surface area contributed by atoms with Crippen LogP contribution in [0.5, 0.6) is 5.75 Å². The lowest BCUT2D eigenvalue weighted by atomic mass is 9.79. The predicted molar refractivity (Wildman–Crippen MR) is 152 cm³/mol. The summed E-state index contributed by atoms with van der Waals surface area (Å²) in [4.78, 5) is 18.1. The van der Waals surface area contributed by atoms with E-state index < -0.39 is 5.41 Å². The molecule has 0 bridgehead atoms. The number of nitrogens with one attached hydrogen (secondary N) is 1. The Morgan fingerprint density at radius 1 is 1.00 bits per heavy atom. The maximum Gasteiger partial charge on any atom is 0.235 e. The number of ether oxygens (including phenoxy) is 2. The summed E-state index contributed by atoms with van der Waals surface area (Å²) in [6.07, 6.45) is 6.03. The zero-order chi connectivity index (χ0) is 26.4. The third-order valence-electron chi connectivity index (χ3n) is 9.04. The molecule has 204 valence electrons. The van der Waals surface area contributed by atoms with Crippen molar-refractivity contribution in [1.82, 2.24) is 14.7 Å². The van der Waals surface area contributed by atoms with Crippen LogP contribution in [0.2, 0.25) is 0 Å². The summed E-state index contributed by atoms with van der Waals surface area (Å²) in [5.74, 6) is 1.87. The van der Waals surface area contributed by atoms with Crippen LogP contribution in [0, 0.1) is 0 Å². The first-order valence-corrected chi connectivity index (χ1v) is 14.4. The highest BCUT2D eigenvalue weighted by atomic mass is 16.5. The van der Waals surface area contributed by atoms with Crippen molar-refractivity contribution in [2.75, 3.05) is 56.7 Å². The first kappa shape index (κ1) is 24.7. The van der Waals surface area contributed by atoms with Gasteiger partial charge in [-0.25, -0.2) is 4.68 Å². The molecule has 0 atom stereocenters. The zero-order valence-corrected chi connectivity index (χ0v) is 22.7. The molecule has 1 aliphatic carbocycles. The number of fused-ring (bicyclic) bond motifs is 2. The van der Waals surface area contributed by atoms with E-state index in [4.69, 9.17) is 14.6 Å². The second-order valence-electron chi connectivity index (χ2n) is 11.5. The van der Waals surface area contributed by atoms with Crippen molar-refractivity contribution in [3.05, 3.63) is 54.1 Å². The standard InChI is InChI=1S/C31H37N5O3/c1-34-13-9-24(10-14-34)39-27-20-22(19-25-29(27)32-30(37)31(25)11-5-6-12-31)26-21-28(35-15-17-38-18-16-35)33-36(26)23-7-3-2-4-8-23/h2-4,7-8,19-21,24H,5-6,9-18H2,1H3,(H,32,37). The number of nitrogens with zero attached hydrogens (tertiary/aromatic N) is 4. The van der Waals surface area contributed by atoms with Gasteiger partial charge in [0.25, 0.3) is 0 Å². The lowest BCUT2D eigenvalue weighted by Gasteiger charge is -2.30. The number of hydrogen-bond donors (Lipinski definition) is 1. The molecule has 3 aliphatic heterocycles. The minimum Gasteiger partial charge on any atom is -0.488 e. The summed E-state index contributed by atoms with van der Waals surface area (Å²) in [6.45, 7) is 5.09. The number of hydrogen-bond acceptors (Lipinski definition) is 6. The molecule has 1 aromatic heterocycles. The lowest BCUT2D eigenvalue weighted by Crippen LogP contribution is -2.36. The van der Waals surface area contributed by atoms with E-state index in [-0.39, 0.29) is 12.0 Å². The fourth-order valence-electron chi connectivity index (χ4n) is 6.76. The van der Waals surface area contributed by atoms with Gasteiger partial charge in [0.15, 0.2) is 5.82 Å². The molecule has 4 aliphatic rings. The van der Waals surface area contributed by atoms with Crippen molar-refractivity contribution in [3.8, 4) is 22.7 Å². The van der Waals surface area contributed by atoms with Crippen molar-refractivity contribution >= 4 is 17.4 Å². The number of morpholine rings is 1. The molecule has 1 spiro atoms. The van der Waals surface area contributed by atoms with E-state index >= 15 is 0 Å². The summed E-state index contributed by atoms with van der Waals surface area (Å²) in [6, 6.07) is 16.8. The molecule has 39 heavy (non-hydrogen) atoms. The van der Waals surface area contributed by atoms with E-state index in [0.717, 1.165) is 104 Å². The smallest absolute Gasteiger partial charge is 0.235 e. The zero-order valence-electron chi connectivity index (χ0n) is 22.7. The van der Waals surface area contributed by atoms with Crippen LogP contribution in [-0.2, 0) is 14.9 Å². The molecule has 8 nitrogen and oxygen atoms in total. The molecule has 7 rings (SSSR count). The van der Waals surface area contributed by atoms with E-state index in [0.29, 0.717) is 13.2 Å². The minimum atomic E-state index is -0.457. The number of aromatic nitrogens is 2. The average Bonchev–Trinajstić information content (AvgIpc) is 3.71. The number of benzene rings is 2. The van der Waals surface area contributed by atoms with E-state index in [9.17, 15) is 4.79 Å². The second kappa shape index (κ2) is 9.99. The van der Waals surface area contributed by atoms with Crippen LogP contribution in [0.15, 0.2) is 48.5 Å². The third kappa shape index (κ3) is 4.39. The lowest BCUT2D eigenvalue weighted by molar-refractivity contribution is -0.120. The largest absolute Gasteiger partial charge is 0.488 e. The highest BCUT2D eigenvalue weighted by Gasteiger charge is 2.50. The van der Waals surface area contributed by atoms with Gasteiger partial charge in [-0.1, -0.05) is 31.0 Å². The Balaban J connectivity index is 1.36. The maximum absolute atomic E-state index is 13.5. The SMILES string of the molecule is CN1CCC(Oc2cc(-c3cc(N4CCOCC4)nn3-c3ccccc3)cc3c2NC(=O)C32CCCC2)CC1.